The van der Waals surface area contributed by atoms with E-state index >= 15 is 0 Å². The minimum absolute atomic E-state index is 0.0476. The molecule has 0 spiro atoms. The van der Waals surface area contributed by atoms with Crippen LogP contribution in [0.3, 0.4) is 0 Å². The smallest absolute Gasteiger partial charge is 0.290 e. The molecule has 1 aliphatic heterocycles. The third-order valence-electron chi connectivity index (χ3n) is 5.85. The minimum atomic E-state index is -3.19. The number of aryl methyl sites for hydroxylation is 1. The van der Waals surface area contributed by atoms with Gasteiger partial charge < -0.3 is 14.7 Å². The van der Waals surface area contributed by atoms with Crippen LogP contribution in [0, 0.1) is 6.92 Å². The van der Waals surface area contributed by atoms with Crippen molar-refractivity contribution in [2.75, 3.05) is 23.7 Å². The van der Waals surface area contributed by atoms with Crippen molar-refractivity contribution in [3.8, 4) is 11.3 Å². The fourth-order valence-corrected chi connectivity index (χ4v) is 4.70. The van der Waals surface area contributed by atoms with Crippen LogP contribution in [0.4, 0.5) is 5.69 Å². The highest BCUT2D eigenvalue weighted by Gasteiger charge is 2.23. The number of rotatable bonds is 6. The quantitative estimate of drug-likeness (QED) is 0.610. The molecule has 8 heteroatoms. The molecular formula is C24H27N3O4S. The maximum absolute atomic E-state index is 12.6. The van der Waals surface area contributed by atoms with Gasteiger partial charge >= 0.3 is 0 Å². The van der Waals surface area contributed by atoms with Gasteiger partial charge in [0.25, 0.3) is 5.91 Å². The Hall–Kier alpha value is -3.13. The maximum atomic E-state index is 12.6. The summed E-state index contributed by atoms with van der Waals surface area (Å²) in [5, 5.41) is 7.06. The number of nitrogens with zero attached hydrogens (tertiary/aromatic N) is 2. The Kier molecular flexibility index (Phi) is 6.32. The van der Waals surface area contributed by atoms with E-state index in [4.69, 9.17) is 4.52 Å². The Balaban J connectivity index is 1.32. The lowest BCUT2D eigenvalue weighted by Gasteiger charge is -2.33. The van der Waals surface area contributed by atoms with E-state index in [0.717, 1.165) is 42.7 Å². The lowest BCUT2D eigenvalue weighted by atomic mass is 10.0. The van der Waals surface area contributed by atoms with Crippen molar-refractivity contribution in [2.45, 2.75) is 37.6 Å². The zero-order valence-corrected chi connectivity index (χ0v) is 19.1. The molecule has 0 saturated carbocycles. The van der Waals surface area contributed by atoms with Crippen LogP contribution in [0.2, 0.25) is 0 Å². The molecule has 0 aliphatic carbocycles. The number of carbonyl (C=O) groups excluding carboxylic acids is 1. The molecule has 7 nitrogen and oxygen atoms in total. The van der Waals surface area contributed by atoms with E-state index in [1.54, 1.807) is 25.1 Å². The molecule has 3 aromatic rings. The van der Waals surface area contributed by atoms with Gasteiger partial charge in [-0.3, -0.25) is 4.79 Å². The number of aromatic nitrogens is 1. The van der Waals surface area contributed by atoms with Crippen molar-refractivity contribution in [2.24, 2.45) is 0 Å². The second kappa shape index (κ2) is 9.16. The van der Waals surface area contributed by atoms with Gasteiger partial charge in [0.2, 0.25) is 5.76 Å². The van der Waals surface area contributed by atoms with Gasteiger partial charge in [0, 0.05) is 36.4 Å². The van der Waals surface area contributed by atoms with E-state index in [2.05, 4.69) is 15.4 Å². The molecule has 32 heavy (non-hydrogen) atoms. The molecule has 0 radical (unpaired) electrons. The second-order valence-corrected chi connectivity index (χ2v) is 10.4. The van der Waals surface area contributed by atoms with Crippen molar-refractivity contribution in [1.82, 2.24) is 10.5 Å². The largest absolute Gasteiger partial charge is 0.371 e. The molecule has 1 aliphatic rings. The Bertz CT molecular complexity index is 1180. The highest BCUT2D eigenvalue weighted by atomic mass is 32.2. The number of anilines is 1. The standard InChI is InChI=1S/C24H27N3O4S/c1-3-32(29,30)21-10-8-20(9-11-21)27-14-12-19(13-15-27)25-24(28)23-16-22(26-31-23)18-6-4-17(2)5-7-18/h4-11,16,19H,3,12-15H2,1-2H3,(H,25,28). The van der Waals surface area contributed by atoms with Gasteiger partial charge in [-0.25, -0.2) is 8.42 Å². The van der Waals surface area contributed by atoms with E-state index < -0.39 is 9.84 Å². The predicted octanol–water partition coefficient (Wildman–Crippen LogP) is 3.84. The molecule has 1 amide bonds. The predicted molar refractivity (Wildman–Crippen MR) is 124 cm³/mol. The van der Waals surface area contributed by atoms with Gasteiger partial charge in [0.05, 0.1) is 10.6 Å². The Morgan fingerprint density at radius 2 is 1.75 bits per heavy atom. The molecule has 1 N–H and O–H groups in total. The molecule has 168 valence electrons. The summed E-state index contributed by atoms with van der Waals surface area (Å²) in [7, 11) is -3.19. The summed E-state index contributed by atoms with van der Waals surface area (Å²) in [4.78, 5) is 15.2. The number of sulfone groups is 1. The van der Waals surface area contributed by atoms with Crippen LogP contribution < -0.4 is 10.2 Å². The molecule has 1 fully saturated rings. The number of nitrogens with one attached hydrogen (secondary N) is 1. The number of benzene rings is 2. The molecule has 0 unspecified atom stereocenters. The van der Waals surface area contributed by atoms with Crippen LogP contribution in [0.5, 0.6) is 0 Å². The van der Waals surface area contributed by atoms with E-state index in [1.807, 2.05) is 43.3 Å². The summed E-state index contributed by atoms with van der Waals surface area (Å²) in [5.41, 5.74) is 3.69. The first-order valence-electron chi connectivity index (χ1n) is 10.8. The van der Waals surface area contributed by atoms with Crippen molar-refractivity contribution in [3.05, 3.63) is 65.9 Å². The Labute approximate surface area is 188 Å². The Morgan fingerprint density at radius 3 is 2.38 bits per heavy atom. The fourth-order valence-electron chi connectivity index (χ4n) is 3.81. The average Bonchev–Trinajstić information content (AvgIpc) is 3.31. The Morgan fingerprint density at radius 1 is 1.09 bits per heavy atom. The molecule has 1 saturated heterocycles. The van der Waals surface area contributed by atoms with Crippen molar-refractivity contribution >= 4 is 21.4 Å². The molecule has 4 rings (SSSR count). The first kappa shape index (κ1) is 22.1. The molecule has 0 atom stereocenters. The average molecular weight is 454 g/mol. The number of hydrogen-bond donors (Lipinski definition) is 1. The van der Waals surface area contributed by atoms with Crippen molar-refractivity contribution in [1.29, 1.82) is 0 Å². The third-order valence-corrected chi connectivity index (χ3v) is 7.60. The normalized spacial score (nSPS) is 15.0. The first-order valence-corrected chi connectivity index (χ1v) is 12.4. The SMILES string of the molecule is CCS(=O)(=O)c1ccc(N2CCC(NC(=O)c3cc(-c4ccc(C)cc4)no3)CC2)cc1. The molecular weight excluding hydrogens is 426 g/mol. The fraction of sp³-hybridized carbons (Fsp3) is 0.333. The molecule has 2 heterocycles. The lowest BCUT2D eigenvalue weighted by Crippen LogP contribution is -2.44. The highest BCUT2D eigenvalue weighted by molar-refractivity contribution is 7.91. The van der Waals surface area contributed by atoms with Gasteiger partial charge in [0.1, 0.15) is 5.69 Å². The topological polar surface area (TPSA) is 92.5 Å². The van der Waals surface area contributed by atoms with Crippen LogP contribution in [0.15, 0.2) is 64.0 Å². The maximum Gasteiger partial charge on any atom is 0.290 e. The lowest BCUT2D eigenvalue weighted by molar-refractivity contribution is 0.0894. The van der Waals surface area contributed by atoms with Gasteiger partial charge in [-0.15, -0.1) is 0 Å². The third kappa shape index (κ3) is 4.85. The summed E-state index contributed by atoms with van der Waals surface area (Å²) in [6.45, 7) is 5.21. The number of amides is 1. The number of piperidine rings is 1. The van der Waals surface area contributed by atoms with Gasteiger partial charge in [0.15, 0.2) is 9.84 Å². The summed E-state index contributed by atoms with van der Waals surface area (Å²) in [6.07, 6.45) is 1.58. The van der Waals surface area contributed by atoms with Crippen LogP contribution in [-0.4, -0.2) is 44.4 Å². The van der Waals surface area contributed by atoms with Crippen LogP contribution in [0.25, 0.3) is 11.3 Å². The van der Waals surface area contributed by atoms with Crippen molar-refractivity contribution in [3.63, 3.8) is 0 Å². The van der Waals surface area contributed by atoms with E-state index in [-0.39, 0.29) is 23.5 Å². The zero-order chi connectivity index (χ0) is 22.7. The van der Waals surface area contributed by atoms with E-state index in [1.165, 1.54) is 0 Å². The summed E-state index contributed by atoms with van der Waals surface area (Å²) >= 11 is 0. The zero-order valence-electron chi connectivity index (χ0n) is 18.2. The van der Waals surface area contributed by atoms with Crippen LogP contribution in [-0.2, 0) is 9.84 Å². The van der Waals surface area contributed by atoms with E-state index in [0.29, 0.717) is 10.6 Å². The molecule has 2 aromatic carbocycles. The number of carbonyl (C=O) groups is 1. The van der Waals surface area contributed by atoms with Gasteiger partial charge in [-0.05, 0) is 44.0 Å². The number of hydrogen-bond acceptors (Lipinski definition) is 6. The summed E-state index contributed by atoms with van der Waals surface area (Å²) in [5.74, 6) is 0.0361. The van der Waals surface area contributed by atoms with Crippen molar-refractivity contribution < 1.29 is 17.7 Å². The molecule has 0 bridgehead atoms. The summed E-state index contributed by atoms with van der Waals surface area (Å²) in [6, 6.07) is 16.6. The monoisotopic (exact) mass is 453 g/mol. The summed E-state index contributed by atoms with van der Waals surface area (Å²) < 4.78 is 29.2. The van der Waals surface area contributed by atoms with E-state index in [9.17, 15) is 13.2 Å². The van der Waals surface area contributed by atoms with Gasteiger partial charge in [-0.1, -0.05) is 41.9 Å². The second-order valence-electron chi connectivity index (χ2n) is 8.07. The van der Waals surface area contributed by atoms with Crippen LogP contribution in [0.1, 0.15) is 35.9 Å². The molecule has 1 aromatic heterocycles. The van der Waals surface area contributed by atoms with Crippen LogP contribution >= 0.6 is 0 Å². The van der Waals surface area contributed by atoms with Gasteiger partial charge in [-0.2, -0.15) is 0 Å². The minimum Gasteiger partial charge on any atom is -0.371 e. The first-order chi connectivity index (χ1) is 15.4. The highest BCUT2D eigenvalue weighted by Crippen LogP contribution is 2.23.